The van der Waals surface area contributed by atoms with Gasteiger partial charge in [-0.2, -0.15) is 5.21 Å². The van der Waals surface area contributed by atoms with Crippen molar-refractivity contribution in [2.75, 3.05) is 0 Å². The first kappa shape index (κ1) is 15.0. The van der Waals surface area contributed by atoms with Crippen molar-refractivity contribution in [2.45, 2.75) is 26.2 Å². The second-order valence-corrected chi connectivity index (χ2v) is 7.92. The fourth-order valence-electron chi connectivity index (χ4n) is 2.74. The van der Waals surface area contributed by atoms with Crippen LogP contribution in [0.15, 0.2) is 41.2 Å². The molecule has 6 heteroatoms. The number of aromatic nitrogens is 4. The number of H-pyrrole nitrogens is 1. The molecule has 0 amide bonds. The predicted octanol–water partition coefficient (Wildman–Crippen LogP) is 3.89. The average molecular weight is 336 g/mol. The highest BCUT2D eigenvalue weighted by molar-refractivity contribution is 7.24. The highest BCUT2D eigenvalue weighted by Crippen LogP contribution is 2.31. The van der Waals surface area contributed by atoms with E-state index in [-0.39, 0.29) is 10.8 Å². The van der Waals surface area contributed by atoms with Crippen molar-refractivity contribution in [1.82, 2.24) is 20.6 Å². The normalized spacial score (nSPS) is 12.1. The van der Waals surface area contributed by atoms with Gasteiger partial charge in [0.1, 0.15) is 0 Å². The van der Waals surface area contributed by atoms with Crippen LogP contribution in [-0.2, 0) is 5.41 Å². The van der Waals surface area contributed by atoms with Gasteiger partial charge in [-0.25, -0.2) is 0 Å². The van der Waals surface area contributed by atoms with Gasteiger partial charge in [0, 0.05) is 25.7 Å². The van der Waals surface area contributed by atoms with Crippen LogP contribution < -0.4 is 5.43 Å². The van der Waals surface area contributed by atoms with E-state index in [4.69, 9.17) is 0 Å². The first-order valence-corrected chi connectivity index (χ1v) is 8.50. The molecule has 2 aromatic carbocycles. The third kappa shape index (κ3) is 2.39. The van der Waals surface area contributed by atoms with Crippen LogP contribution in [0.2, 0.25) is 0 Å². The Morgan fingerprint density at radius 2 is 1.83 bits per heavy atom. The summed E-state index contributed by atoms with van der Waals surface area (Å²) in [4.78, 5) is 12.9. The molecular weight excluding hydrogens is 320 g/mol. The molecule has 0 radical (unpaired) electrons. The van der Waals surface area contributed by atoms with Crippen LogP contribution in [0, 0.1) is 0 Å². The van der Waals surface area contributed by atoms with Crippen molar-refractivity contribution in [3.05, 3.63) is 52.2 Å². The van der Waals surface area contributed by atoms with Crippen LogP contribution in [0.25, 0.3) is 31.6 Å². The van der Waals surface area contributed by atoms with Gasteiger partial charge in [-0.3, -0.25) is 4.79 Å². The Labute approximate surface area is 142 Å². The molecule has 0 saturated heterocycles. The zero-order chi connectivity index (χ0) is 16.9. The lowest BCUT2D eigenvalue weighted by atomic mass is 9.86. The van der Waals surface area contributed by atoms with E-state index in [1.54, 1.807) is 11.3 Å². The van der Waals surface area contributed by atoms with Crippen LogP contribution in [0.3, 0.4) is 0 Å². The summed E-state index contributed by atoms with van der Waals surface area (Å²) >= 11 is 1.61. The van der Waals surface area contributed by atoms with Crippen molar-refractivity contribution < 1.29 is 0 Å². The Morgan fingerprint density at radius 1 is 1.00 bits per heavy atom. The van der Waals surface area contributed by atoms with Crippen LogP contribution in [0.1, 0.15) is 26.3 Å². The fourth-order valence-corrected chi connectivity index (χ4v) is 3.84. The number of hydrogen-bond acceptors (Lipinski definition) is 5. The second kappa shape index (κ2) is 5.21. The quantitative estimate of drug-likeness (QED) is 0.535. The van der Waals surface area contributed by atoms with E-state index < -0.39 is 0 Å². The SMILES string of the molecule is CC(C)(C)c1ccc2sc3cc(-c4nn[nH]n4)ccc3c(=O)c2c1. The summed E-state index contributed by atoms with van der Waals surface area (Å²) in [5.41, 5.74) is 2.10. The standard InChI is InChI=1S/C18H16N4OS/c1-18(2,3)11-5-7-14-13(9-11)16(23)12-6-4-10(8-15(12)24-14)17-19-21-22-20-17/h4-9H,1-3H3,(H,19,20,21,22). The van der Waals surface area contributed by atoms with Crippen LogP contribution >= 0.6 is 11.3 Å². The summed E-state index contributed by atoms with van der Waals surface area (Å²) in [5, 5.41) is 15.5. The number of hydrogen-bond donors (Lipinski definition) is 1. The van der Waals surface area contributed by atoms with Gasteiger partial charge < -0.3 is 0 Å². The fraction of sp³-hybridized carbons (Fsp3) is 0.222. The minimum Gasteiger partial charge on any atom is -0.289 e. The molecule has 0 aliphatic rings. The number of nitrogens with zero attached hydrogens (tertiary/aromatic N) is 3. The van der Waals surface area contributed by atoms with E-state index in [9.17, 15) is 4.79 Å². The molecule has 0 atom stereocenters. The molecule has 1 N–H and O–H groups in total. The monoisotopic (exact) mass is 336 g/mol. The van der Waals surface area contributed by atoms with E-state index in [0.29, 0.717) is 5.82 Å². The molecule has 0 spiro atoms. The Balaban J connectivity index is 1.99. The van der Waals surface area contributed by atoms with Crippen molar-refractivity contribution in [3.63, 3.8) is 0 Å². The number of rotatable bonds is 1. The van der Waals surface area contributed by atoms with E-state index in [0.717, 1.165) is 25.7 Å². The van der Waals surface area contributed by atoms with Crippen LogP contribution in [0.4, 0.5) is 0 Å². The van der Waals surface area contributed by atoms with Gasteiger partial charge in [0.05, 0.1) is 0 Å². The van der Waals surface area contributed by atoms with E-state index >= 15 is 0 Å². The lowest BCUT2D eigenvalue weighted by Crippen LogP contribution is -2.12. The Bertz CT molecular complexity index is 1110. The Kier molecular flexibility index (Phi) is 3.25. The molecule has 0 bridgehead atoms. The van der Waals surface area contributed by atoms with Gasteiger partial charge in [-0.15, -0.1) is 21.5 Å². The summed E-state index contributed by atoms with van der Waals surface area (Å²) in [5.74, 6) is 0.528. The molecule has 0 unspecified atom stereocenters. The molecule has 2 heterocycles. The highest BCUT2D eigenvalue weighted by atomic mass is 32.1. The maximum Gasteiger partial charge on any atom is 0.204 e. The van der Waals surface area contributed by atoms with Crippen LogP contribution in [0.5, 0.6) is 0 Å². The van der Waals surface area contributed by atoms with Crippen molar-refractivity contribution in [2.24, 2.45) is 0 Å². The van der Waals surface area contributed by atoms with Gasteiger partial charge in [-0.05, 0) is 40.5 Å². The minimum atomic E-state index is 0.0166. The Hall–Kier alpha value is -2.60. The number of benzene rings is 2. The zero-order valence-corrected chi connectivity index (χ0v) is 14.4. The molecule has 0 fully saturated rings. The summed E-state index contributed by atoms with van der Waals surface area (Å²) in [6.45, 7) is 6.46. The Morgan fingerprint density at radius 3 is 2.54 bits per heavy atom. The number of fused-ring (bicyclic) bond motifs is 2. The molecule has 24 heavy (non-hydrogen) atoms. The predicted molar refractivity (Wildman–Crippen MR) is 97.5 cm³/mol. The zero-order valence-electron chi connectivity index (χ0n) is 13.6. The third-order valence-corrected chi connectivity index (χ3v) is 5.27. The number of nitrogens with one attached hydrogen (secondary N) is 1. The van der Waals surface area contributed by atoms with Gasteiger partial charge >= 0.3 is 0 Å². The van der Waals surface area contributed by atoms with Crippen molar-refractivity contribution >= 4 is 31.5 Å². The maximum absolute atomic E-state index is 12.9. The average Bonchev–Trinajstić information content (AvgIpc) is 3.08. The molecule has 0 aliphatic carbocycles. The summed E-state index contributed by atoms with van der Waals surface area (Å²) < 4.78 is 1.92. The van der Waals surface area contributed by atoms with Crippen molar-refractivity contribution in [1.29, 1.82) is 0 Å². The maximum atomic E-state index is 12.9. The third-order valence-electron chi connectivity index (χ3n) is 4.14. The topological polar surface area (TPSA) is 71.5 Å². The minimum absolute atomic E-state index is 0.0166. The molecule has 5 nitrogen and oxygen atoms in total. The van der Waals surface area contributed by atoms with E-state index in [2.05, 4.69) is 47.5 Å². The molecule has 120 valence electrons. The van der Waals surface area contributed by atoms with Gasteiger partial charge in [-0.1, -0.05) is 32.9 Å². The summed E-state index contributed by atoms with van der Waals surface area (Å²) in [6.07, 6.45) is 0. The summed E-state index contributed by atoms with van der Waals surface area (Å²) in [6, 6.07) is 11.8. The lowest BCUT2D eigenvalue weighted by molar-refractivity contribution is 0.591. The smallest absolute Gasteiger partial charge is 0.204 e. The van der Waals surface area contributed by atoms with Gasteiger partial charge in [0.2, 0.25) is 5.82 Å². The van der Waals surface area contributed by atoms with Crippen LogP contribution in [-0.4, -0.2) is 20.6 Å². The number of aromatic amines is 1. The molecule has 0 saturated carbocycles. The molecular formula is C18H16N4OS. The van der Waals surface area contributed by atoms with E-state index in [1.807, 2.05) is 30.3 Å². The first-order valence-electron chi connectivity index (χ1n) is 7.68. The molecule has 4 rings (SSSR count). The molecule has 4 aromatic rings. The molecule has 0 aliphatic heterocycles. The molecule has 2 aromatic heterocycles. The van der Waals surface area contributed by atoms with E-state index in [1.165, 1.54) is 5.56 Å². The first-order chi connectivity index (χ1) is 11.4. The summed E-state index contributed by atoms with van der Waals surface area (Å²) in [7, 11) is 0. The van der Waals surface area contributed by atoms with Gasteiger partial charge in [0.25, 0.3) is 0 Å². The lowest BCUT2D eigenvalue weighted by Gasteiger charge is -2.19. The largest absolute Gasteiger partial charge is 0.289 e. The number of tetrazole rings is 1. The highest BCUT2D eigenvalue weighted by Gasteiger charge is 2.16. The van der Waals surface area contributed by atoms with Gasteiger partial charge in [0.15, 0.2) is 5.43 Å². The second-order valence-electron chi connectivity index (χ2n) is 6.84. The van der Waals surface area contributed by atoms with Crippen molar-refractivity contribution in [3.8, 4) is 11.4 Å².